The quantitative estimate of drug-likeness (QED) is 0.382. The summed E-state index contributed by atoms with van der Waals surface area (Å²) in [5.41, 5.74) is -6.79. The minimum Gasteiger partial charge on any atom is -0.425 e. The van der Waals surface area contributed by atoms with Gasteiger partial charge in [-0.25, -0.2) is 4.79 Å². The van der Waals surface area contributed by atoms with Gasteiger partial charge in [0, 0.05) is 17.4 Å². The van der Waals surface area contributed by atoms with Crippen LogP contribution < -0.4 is 0 Å². The molecule has 6 nitrogen and oxygen atoms in total. The first-order valence-electron chi connectivity index (χ1n) is 8.99. The van der Waals surface area contributed by atoms with E-state index in [0.29, 0.717) is 0 Å². The molecule has 0 amide bonds. The van der Waals surface area contributed by atoms with Crippen molar-refractivity contribution < 1.29 is 55.2 Å². The van der Waals surface area contributed by atoms with E-state index in [1.165, 1.54) is 20.8 Å². The van der Waals surface area contributed by atoms with Gasteiger partial charge < -0.3 is 19.3 Å². The van der Waals surface area contributed by atoms with Crippen LogP contribution in [0.15, 0.2) is 12.2 Å². The molecular weight excluding hydrogens is 426 g/mol. The Bertz CT molecular complexity index is 699. The van der Waals surface area contributed by atoms with Crippen molar-refractivity contribution in [1.82, 2.24) is 0 Å². The Labute approximate surface area is 168 Å². The van der Waals surface area contributed by atoms with Crippen molar-refractivity contribution in [3.05, 3.63) is 12.2 Å². The monoisotopic (exact) mass is 448 g/mol. The van der Waals surface area contributed by atoms with Crippen LogP contribution >= 0.6 is 0 Å². The van der Waals surface area contributed by atoms with E-state index in [9.17, 15) is 41.0 Å². The number of hydrogen-bond donors (Lipinski definition) is 1. The van der Waals surface area contributed by atoms with Gasteiger partial charge in [0.1, 0.15) is 0 Å². The molecule has 2 bridgehead atoms. The summed E-state index contributed by atoms with van der Waals surface area (Å²) in [6.45, 7) is 5.05. The third kappa shape index (κ3) is 4.29. The smallest absolute Gasteiger partial charge is 0.425 e. The van der Waals surface area contributed by atoms with Crippen LogP contribution in [-0.2, 0) is 23.8 Å². The summed E-state index contributed by atoms with van der Waals surface area (Å²) in [6.07, 6.45) is -13.0. The van der Waals surface area contributed by atoms with E-state index in [2.05, 4.69) is 6.58 Å². The molecule has 0 aromatic rings. The third-order valence-electron chi connectivity index (χ3n) is 5.56. The molecule has 4 atom stereocenters. The number of fused-ring (bicyclic) bond motifs is 2. The maximum absolute atomic E-state index is 12.9. The molecular formula is C18H22F6O6. The van der Waals surface area contributed by atoms with E-state index < -0.39 is 66.1 Å². The van der Waals surface area contributed by atoms with E-state index in [0.717, 1.165) is 0 Å². The van der Waals surface area contributed by atoms with Gasteiger partial charge in [-0.05, 0) is 33.6 Å². The average Bonchev–Trinajstić information content (AvgIpc) is 2.96. The molecule has 172 valence electrons. The zero-order valence-corrected chi connectivity index (χ0v) is 16.4. The third-order valence-corrected chi connectivity index (χ3v) is 5.56. The number of cyclic esters (lactones) is 1. The first-order chi connectivity index (χ1) is 13.4. The van der Waals surface area contributed by atoms with Crippen LogP contribution in [0.4, 0.5) is 26.3 Å². The normalized spacial score (nSPS) is 27.6. The van der Waals surface area contributed by atoms with Crippen molar-refractivity contribution in [2.75, 3.05) is 6.61 Å². The Morgan fingerprint density at radius 2 is 1.70 bits per heavy atom. The largest absolute Gasteiger partial charge is 0.428 e. The van der Waals surface area contributed by atoms with Gasteiger partial charge in [-0.3, -0.25) is 4.79 Å². The second kappa shape index (κ2) is 7.70. The number of aliphatic hydroxyl groups is 1. The molecule has 0 radical (unpaired) electrons. The Balaban J connectivity index is 2.26. The van der Waals surface area contributed by atoms with Crippen LogP contribution in [0.3, 0.4) is 0 Å². The molecule has 1 N–H and O–H groups in total. The first kappa shape index (κ1) is 24.4. The molecule has 0 aromatic carbocycles. The highest BCUT2D eigenvalue weighted by Crippen LogP contribution is 2.52. The summed E-state index contributed by atoms with van der Waals surface area (Å²) in [6, 6.07) is 0. The fourth-order valence-corrected chi connectivity index (χ4v) is 3.92. The SMILES string of the molecule is C=C(C)C(=O)OC1OC(=O)C2CCC1C2C(C)(C)OCC(O)(C(F)(F)F)C(F)(F)F. The predicted molar refractivity (Wildman–Crippen MR) is 87.6 cm³/mol. The summed E-state index contributed by atoms with van der Waals surface area (Å²) in [5.74, 6) is -4.15. The summed E-state index contributed by atoms with van der Waals surface area (Å²) in [7, 11) is 0. The van der Waals surface area contributed by atoms with E-state index in [4.69, 9.17) is 14.2 Å². The molecule has 1 saturated carbocycles. The van der Waals surface area contributed by atoms with Crippen molar-refractivity contribution in [3.63, 3.8) is 0 Å². The number of rotatable bonds is 6. The number of hydrogen-bond acceptors (Lipinski definition) is 6. The number of carbonyl (C=O) groups is 2. The molecule has 1 aliphatic carbocycles. The van der Waals surface area contributed by atoms with Crippen molar-refractivity contribution in [3.8, 4) is 0 Å². The Morgan fingerprint density at radius 1 is 1.17 bits per heavy atom. The molecule has 2 fully saturated rings. The van der Waals surface area contributed by atoms with E-state index in [1.807, 2.05) is 0 Å². The number of alkyl halides is 6. The fourth-order valence-electron chi connectivity index (χ4n) is 3.92. The number of halogens is 6. The van der Waals surface area contributed by atoms with Gasteiger partial charge >= 0.3 is 24.3 Å². The van der Waals surface area contributed by atoms with Gasteiger partial charge in [-0.1, -0.05) is 6.58 Å². The lowest BCUT2D eigenvalue weighted by Crippen LogP contribution is -2.62. The van der Waals surface area contributed by atoms with Crippen molar-refractivity contribution in [1.29, 1.82) is 0 Å². The maximum Gasteiger partial charge on any atom is 0.428 e. The Morgan fingerprint density at radius 3 is 2.17 bits per heavy atom. The molecule has 0 spiro atoms. The highest BCUT2D eigenvalue weighted by atomic mass is 19.4. The Hall–Kier alpha value is -1.82. The minimum atomic E-state index is -6.04. The van der Waals surface area contributed by atoms with Gasteiger partial charge in [-0.15, -0.1) is 0 Å². The van der Waals surface area contributed by atoms with Crippen molar-refractivity contribution in [2.45, 2.75) is 63.5 Å². The lowest BCUT2D eigenvalue weighted by Gasteiger charge is -2.44. The zero-order valence-electron chi connectivity index (χ0n) is 16.4. The lowest BCUT2D eigenvalue weighted by molar-refractivity contribution is -0.384. The molecule has 1 heterocycles. The number of ether oxygens (including phenoxy) is 3. The van der Waals surface area contributed by atoms with Crippen molar-refractivity contribution in [2.24, 2.45) is 17.8 Å². The van der Waals surface area contributed by atoms with E-state index in [1.54, 1.807) is 0 Å². The first-order valence-corrected chi connectivity index (χ1v) is 8.99. The van der Waals surface area contributed by atoms with Gasteiger partial charge in [0.2, 0.25) is 0 Å². The van der Waals surface area contributed by atoms with E-state index in [-0.39, 0.29) is 18.4 Å². The molecule has 12 heteroatoms. The van der Waals surface area contributed by atoms with Gasteiger partial charge in [0.05, 0.1) is 18.1 Å². The molecule has 4 unspecified atom stereocenters. The second-order valence-electron chi connectivity index (χ2n) is 8.11. The van der Waals surface area contributed by atoms with Crippen LogP contribution in [0.2, 0.25) is 0 Å². The topological polar surface area (TPSA) is 82.1 Å². The molecule has 1 aliphatic heterocycles. The van der Waals surface area contributed by atoms with Crippen molar-refractivity contribution >= 4 is 11.9 Å². The van der Waals surface area contributed by atoms with Gasteiger partial charge in [0.25, 0.3) is 11.9 Å². The van der Waals surface area contributed by atoms with E-state index >= 15 is 0 Å². The second-order valence-corrected chi connectivity index (χ2v) is 8.11. The molecule has 0 aromatic heterocycles. The highest BCUT2D eigenvalue weighted by molar-refractivity contribution is 5.87. The fraction of sp³-hybridized carbons (Fsp3) is 0.778. The van der Waals surface area contributed by atoms with Crippen LogP contribution in [0, 0.1) is 17.8 Å². The zero-order chi connectivity index (χ0) is 23.3. The van der Waals surface area contributed by atoms with Gasteiger partial charge in [-0.2, -0.15) is 26.3 Å². The van der Waals surface area contributed by atoms with Crippen LogP contribution in [0.5, 0.6) is 0 Å². The van der Waals surface area contributed by atoms with Gasteiger partial charge in [0.15, 0.2) is 0 Å². The number of carbonyl (C=O) groups excluding carboxylic acids is 2. The van der Waals surface area contributed by atoms with Crippen LogP contribution in [0.25, 0.3) is 0 Å². The minimum absolute atomic E-state index is 0.0126. The predicted octanol–water partition coefficient (Wildman–Crippen LogP) is 3.28. The molecule has 1 saturated heterocycles. The van der Waals surface area contributed by atoms with Crippen LogP contribution in [0.1, 0.15) is 33.6 Å². The summed E-state index contributed by atoms with van der Waals surface area (Å²) < 4.78 is 92.8. The van der Waals surface area contributed by atoms with Crippen LogP contribution in [-0.4, -0.2) is 53.5 Å². The Kier molecular flexibility index (Phi) is 6.28. The molecule has 30 heavy (non-hydrogen) atoms. The molecule has 2 aliphatic rings. The lowest BCUT2D eigenvalue weighted by atomic mass is 9.75. The summed E-state index contributed by atoms with van der Waals surface area (Å²) >= 11 is 0. The maximum atomic E-state index is 12.9. The summed E-state index contributed by atoms with van der Waals surface area (Å²) in [4.78, 5) is 24.1. The highest BCUT2D eigenvalue weighted by Gasteiger charge is 2.71. The summed E-state index contributed by atoms with van der Waals surface area (Å²) in [5, 5.41) is 9.33. The number of esters is 2. The standard InChI is InChI=1S/C18H22F6O6/c1-8(2)12(25)29-14-10-6-5-9(13(26)30-14)11(10)15(3,4)28-7-16(27,17(19,20)21)18(22,23)24/h9-11,14,27H,1,5-7H2,2-4H3. The average molecular weight is 448 g/mol. The molecule has 2 rings (SSSR count).